The highest BCUT2D eigenvalue weighted by molar-refractivity contribution is 5.97. The summed E-state index contributed by atoms with van der Waals surface area (Å²) in [5.41, 5.74) is 8.97. The van der Waals surface area contributed by atoms with Gasteiger partial charge in [0.1, 0.15) is 5.69 Å². The van der Waals surface area contributed by atoms with Crippen LogP contribution >= 0.6 is 0 Å². The van der Waals surface area contributed by atoms with E-state index in [1.807, 2.05) is 31.2 Å². The molecule has 1 aliphatic heterocycles. The Morgan fingerprint density at radius 2 is 1.81 bits per heavy atom. The molecule has 0 bridgehead atoms. The molecule has 0 aliphatic carbocycles. The largest absolute Gasteiger partial charge is 0.364 e. The van der Waals surface area contributed by atoms with Crippen LogP contribution in [-0.4, -0.2) is 38.9 Å². The Hall–Kier alpha value is -3.94. The summed E-state index contributed by atoms with van der Waals surface area (Å²) in [5.74, 6) is -1.17. The Morgan fingerprint density at radius 1 is 1.10 bits per heavy atom. The van der Waals surface area contributed by atoms with Gasteiger partial charge in [0.2, 0.25) is 11.8 Å². The molecule has 1 atom stereocenters. The van der Waals surface area contributed by atoms with E-state index in [0.29, 0.717) is 18.8 Å². The number of hydrogen-bond donors (Lipinski definition) is 2. The van der Waals surface area contributed by atoms with Crippen LogP contribution in [0.1, 0.15) is 28.0 Å². The van der Waals surface area contributed by atoms with Crippen molar-refractivity contribution in [3.05, 3.63) is 77.6 Å². The van der Waals surface area contributed by atoms with Crippen LogP contribution in [0.4, 0.5) is 5.69 Å². The molecule has 1 aromatic heterocycles. The maximum absolute atomic E-state index is 12.7. The summed E-state index contributed by atoms with van der Waals surface area (Å²) in [6.07, 6.45) is 1.85. The van der Waals surface area contributed by atoms with Crippen LogP contribution in [0.5, 0.6) is 0 Å². The number of anilines is 1. The summed E-state index contributed by atoms with van der Waals surface area (Å²) < 4.78 is 1.53. The average molecular weight is 417 g/mol. The maximum Gasteiger partial charge on any atom is 0.269 e. The Kier molecular flexibility index (Phi) is 5.53. The maximum atomic E-state index is 12.7. The zero-order valence-corrected chi connectivity index (χ0v) is 17.1. The third kappa shape index (κ3) is 4.63. The van der Waals surface area contributed by atoms with Crippen molar-refractivity contribution in [3.8, 4) is 5.69 Å². The number of amides is 3. The van der Waals surface area contributed by atoms with Crippen molar-refractivity contribution in [1.82, 2.24) is 14.7 Å². The first-order valence-corrected chi connectivity index (χ1v) is 9.99. The highest BCUT2D eigenvalue weighted by Gasteiger charge is 2.34. The van der Waals surface area contributed by atoms with E-state index < -0.39 is 5.91 Å². The fourth-order valence-electron chi connectivity index (χ4n) is 3.56. The summed E-state index contributed by atoms with van der Waals surface area (Å²) in [7, 11) is 0. The number of nitrogens with zero attached hydrogens (tertiary/aromatic N) is 3. The second-order valence-corrected chi connectivity index (χ2v) is 7.71. The van der Waals surface area contributed by atoms with Crippen molar-refractivity contribution in [1.29, 1.82) is 0 Å². The minimum absolute atomic E-state index is 0.0139. The number of rotatable bonds is 6. The van der Waals surface area contributed by atoms with Gasteiger partial charge in [0.25, 0.3) is 5.91 Å². The number of likely N-dealkylation sites (tertiary alicyclic amines) is 1. The van der Waals surface area contributed by atoms with Crippen LogP contribution in [0.2, 0.25) is 0 Å². The van der Waals surface area contributed by atoms with Crippen molar-refractivity contribution in [2.45, 2.75) is 19.9 Å². The number of hydrogen-bond acceptors (Lipinski definition) is 4. The van der Waals surface area contributed by atoms with Gasteiger partial charge in [0.05, 0.1) is 11.6 Å². The first-order chi connectivity index (χ1) is 14.9. The van der Waals surface area contributed by atoms with Crippen LogP contribution in [0.25, 0.3) is 5.69 Å². The van der Waals surface area contributed by atoms with Crippen molar-refractivity contribution in [3.63, 3.8) is 0 Å². The lowest BCUT2D eigenvalue weighted by molar-refractivity contribution is -0.128. The molecule has 0 saturated carbocycles. The third-order valence-electron chi connectivity index (χ3n) is 5.32. The molecule has 1 saturated heterocycles. The average Bonchev–Trinajstić information content (AvgIpc) is 3.38. The molecule has 4 rings (SSSR count). The first kappa shape index (κ1) is 20.3. The molecule has 3 aromatic rings. The van der Waals surface area contributed by atoms with E-state index in [2.05, 4.69) is 10.4 Å². The van der Waals surface area contributed by atoms with Gasteiger partial charge in [-0.25, -0.2) is 4.68 Å². The number of primary amides is 1. The lowest BCUT2D eigenvalue weighted by Gasteiger charge is -2.17. The van der Waals surface area contributed by atoms with Gasteiger partial charge >= 0.3 is 0 Å². The topological polar surface area (TPSA) is 110 Å². The third-order valence-corrected chi connectivity index (χ3v) is 5.32. The number of nitrogens with one attached hydrogen (secondary N) is 1. The fraction of sp³-hybridized carbons (Fsp3) is 0.217. The number of nitrogens with two attached hydrogens (primary N) is 1. The molecule has 3 amide bonds. The number of aromatic nitrogens is 2. The van der Waals surface area contributed by atoms with Gasteiger partial charge < -0.3 is 16.0 Å². The van der Waals surface area contributed by atoms with Gasteiger partial charge in [-0.1, -0.05) is 29.8 Å². The first-order valence-electron chi connectivity index (χ1n) is 9.99. The number of aryl methyl sites for hydroxylation is 1. The molecule has 0 spiro atoms. The number of carbonyl (C=O) groups is 3. The van der Waals surface area contributed by atoms with Gasteiger partial charge in [-0.2, -0.15) is 5.10 Å². The Bertz CT molecular complexity index is 1120. The monoisotopic (exact) mass is 417 g/mol. The minimum Gasteiger partial charge on any atom is -0.364 e. The number of benzene rings is 2. The van der Waals surface area contributed by atoms with E-state index in [0.717, 1.165) is 11.3 Å². The zero-order chi connectivity index (χ0) is 22.0. The molecule has 8 heteroatoms. The molecule has 1 unspecified atom stereocenters. The van der Waals surface area contributed by atoms with Crippen molar-refractivity contribution in [2.24, 2.45) is 11.7 Å². The van der Waals surface area contributed by atoms with Gasteiger partial charge in [0.15, 0.2) is 0 Å². The van der Waals surface area contributed by atoms with Crippen LogP contribution in [0.3, 0.4) is 0 Å². The van der Waals surface area contributed by atoms with E-state index in [4.69, 9.17) is 5.73 Å². The highest BCUT2D eigenvalue weighted by atomic mass is 16.2. The molecule has 2 aromatic carbocycles. The standard InChI is InChI=1S/C23H23N5O3/c1-15-2-4-16(5-3-15)13-27-14-17(12-21(27)29)23(31)25-18-6-8-19(9-7-18)28-11-10-20(26-28)22(24)30/h2-11,17H,12-14H2,1H3,(H2,24,30)(H,25,31). The van der Waals surface area contributed by atoms with Crippen LogP contribution in [0.15, 0.2) is 60.8 Å². The normalized spacial score (nSPS) is 15.8. The SMILES string of the molecule is Cc1ccc(CN2CC(C(=O)Nc3ccc(-n4ccc(C(N)=O)n4)cc3)CC2=O)cc1. The quantitative estimate of drug-likeness (QED) is 0.641. The molecular formula is C23H23N5O3. The Morgan fingerprint density at radius 3 is 2.45 bits per heavy atom. The summed E-state index contributed by atoms with van der Waals surface area (Å²) in [4.78, 5) is 38.0. The van der Waals surface area contributed by atoms with Gasteiger partial charge in [-0.15, -0.1) is 0 Å². The van der Waals surface area contributed by atoms with E-state index in [1.54, 1.807) is 35.4 Å². The van der Waals surface area contributed by atoms with E-state index in [-0.39, 0.29) is 29.8 Å². The van der Waals surface area contributed by atoms with Crippen LogP contribution in [-0.2, 0) is 16.1 Å². The molecule has 2 heterocycles. The summed E-state index contributed by atoms with van der Waals surface area (Å²) in [6.45, 7) is 2.93. The minimum atomic E-state index is -0.592. The summed E-state index contributed by atoms with van der Waals surface area (Å²) >= 11 is 0. The van der Waals surface area contributed by atoms with Crippen molar-refractivity contribution >= 4 is 23.4 Å². The van der Waals surface area contributed by atoms with Crippen molar-refractivity contribution < 1.29 is 14.4 Å². The molecule has 1 fully saturated rings. The molecule has 3 N–H and O–H groups in total. The smallest absolute Gasteiger partial charge is 0.269 e. The Labute approximate surface area is 179 Å². The molecule has 1 aliphatic rings. The lowest BCUT2D eigenvalue weighted by Crippen LogP contribution is -2.28. The summed E-state index contributed by atoms with van der Waals surface area (Å²) in [6, 6.07) is 16.6. The van der Waals surface area contributed by atoms with Crippen molar-refractivity contribution in [2.75, 3.05) is 11.9 Å². The van der Waals surface area contributed by atoms with E-state index in [9.17, 15) is 14.4 Å². The number of carbonyl (C=O) groups excluding carboxylic acids is 3. The second kappa shape index (κ2) is 8.43. The van der Waals surface area contributed by atoms with Gasteiger partial charge in [-0.3, -0.25) is 14.4 Å². The molecule has 31 heavy (non-hydrogen) atoms. The lowest BCUT2D eigenvalue weighted by atomic mass is 10.1. The molecule has 0 radical (unpaired) electrons. The van der Waals surface area contributed by atoms with E-state index >= 15 is 0 Å². The van der Waals surface area contributed by atoms with E-state index in [1.165, 1.54) is 16.3 Å². The van der Waals surface area contributed by atoms with Gasteiger partial charge in [0, 0.05) is 31.4 Å². The van der Waals surface area contributed by atoms with Crippen LogP contribution in [0, 0.1) is 12.8 Å². The predicted octanol–water partition coefficient (Wildman–Crippen LogP) is 2.27. The Balaban J connectivity index is 1.36. The fourth-order valence-corrected chi connectivity index (χ4v) is 3.56. The second-order valence-electron chi connectivity index (χ2n) is 7.71. The van der Waals surface area contributed by atoms with Crippen LogP contribution < -0.4 is 11.1 Å². The summed E-state index contributed by atoms with van der Waals surface area (Å²) in [5, 5.41) is 6.98. The highest BCUT2D eigenvalue weighted by Crippen LogP contribution is 2.22. The molecule has 158 valence electrons. The van der Waals surface area contributed by atoms with Gasteiger partial charge in [-0.05, 0) is 42.8 Å². The zero-order valence-electron chi connectivity index (χ0n) is 17.1. The molecule has 8 nitrogen and oxygen atoms in total. The predicted molar refractivity (Wildman–Crippen MR) is 115 cm³/mol. The molecular weight excluding hydrogens is 394 g/mol.